The van der Waals surface area contributed by atoms with Crippen molar-refractivity contribution in [3.63, 3.8) is 0 Å². The van der Waals surface area contributed by atoms with Crippen molar-refractivity contribution in [2.75, 3.05) is 6.61 Å². The molecular formula is C13H19FN2O2. The molecule has 100 valence electrons. The van der Waals surface area contributed by atoms with Gasteiger partial charge in [-0.1, -0.05) is 6.92 Å². The molecule has 1 aromatic rings. The molecule has 0 saturated carbocycles. The molecule has 0 aromatic heterocycles. The first-order valence-electron chi connectivity index (χ1n) is 5.86. The number of carbonyl (C=O) groups is 1. The molecule has 0 spiro atoms. The summed E-state index contributed by atoms with van der Waals surface area (Å²) in [7, 11) is 0. The van der Waals surface area contributed by atoms with Gasteiger partial charge < -0.3 is 16.2 Å². The minimum Gasteiger partial charge on any atom is -0.394 e. The number of nitrogens with two attached hydrogens (primary N) is 1. The summed E-state index contributed by atoms with van der Waals surface area (Å²) in [4.78, 5) is 11.0. The Morgan fingerprint density at radius 3 is 2.72 bits per heavy atom. The van der Waals surface area contributed by atoms with Gasteiger partial charge in [-0.25, -0.2) is 4.39 Å². The Morgan fingerprint density at radius 1 is 1.56 bits per heavy atom. The van der Waals surface area contributed by atoms with Crippen LogP contribution in [0.2, 0.25) is 0 Å². The molecule has 18 heavy (non-hydrogen) atoms. The lowest BCUT2D eigenvalue weighted by Crippen LogP contribution is -2.44. The Hall–Kier alpha value is -1.46. The van der Waals surface area contributed by atoms with Crippen LogP contribution in [-0.2, 0) is 6.54 Å². The first-order chi connectivity index (χ1) is 8.41. The second kappa shape index (κ2) is 5.93. The molecule has 4 nitrogen and oxygen atoms in total. The van der Waals surface area contributed by atoms with E-state index in [1.807, 2.05) is 13.8 Å². The van der Waals surface area contributed by atoms with E-state index in [1.54, 1.807) is 0 Å². The first-order valence-corrected chi connectivity index (χ1v) is 5.86. The van der Waals surface area contributed by atoms with Crippen LogP contribution in [0.3, 0.4) is 0 Å². The molecule has 0 fully saturated rings. The van der Waals surface area contributed by atoms with Crippen molar-refractivity contribution in [1.29, 1.82) is 0 Å². The number of aliphatic hydroxyl groups is 1. The topological polar surface area (TPSA) is 75.3 Å². The molecule has 0 bridgehead atoms. The molecule has 4 N–H and O–H groups in total. The Bertz CT molecular complexity index is 431. The molecule has 0 aliphatic rings. The predicted molar refractivity (Wildman–Crippen MR) is 67.5 cm³/mol. The second-order valence-corrected chi connectivity index (χ2v) is 4.60. The van der Waals surface area contributed by atoms with Gasteiger partial charge in [0.25, 0.3) is 0 Å². The van der Waals surface area contributed by atoms with Crippen LogP contribution in [0.15, 0.2) is 18.2 Å². The highest BCUT2D eigenvalue weighted by Crippen LogP contribution is 2.14. The van der Waals surface area contributed by atoms with Crippen LogP contribution in [0.1, 0.15) is 36.2 Å². The molecule has 0 radical (unpaired) electrons. The summed E-state index contributed by atoms with van der Waals surface area (Å²) < 4.78 is 13.6. The van der Waals surface area contributed by atoms with Crippen molar-refractivity contribution in [1.82, 2.24) is 5.32 Å². The number of benzene rings is 1. The molecule has 0 heterocycles. The van der Waals surface area contributed by atoms with E-state index in [4.69, 9.17) is 5.73 Å². The zero-order valence-corrected chi connectivity index (χ0v) is 10.7. The van der Waals surface area contributed by atoms with Gasteiger partial charge in [0.2, 0.25) is 5.91 Å². The number of rotatable bonds is 6. The van der Waals surface area contributed by atoms with E-state index >= 15 is 0 Å². The molecule has 0 saturated heterocycles. The average molecular weight is 254 g/mol. The molecule has 1 aromatic carbocycles. The highest BCUT2D eigenvalue weighted by atomic mass is 19.1. The normalized spacial score (nSPS) is 14.2. The zero-order valence-electron chi connectivity index (χ0n) is 10.7. The molecule has 1 rings (SSSR count). The number of nitrogens with one attached hydrogen (secondary N) is 1. The maximum absolute atomic E-state index is 13.6. The Morgan fingerprint density at radius 2 is 2.22 bits per heavy atom. The van der Waals surface area contributed by atoms with Crippen LogP contribution in [-0.4, -0.2) is 23.2 Å². The van der Waals surface area contributed by atoms with E-state index in [2.05, 4.69) is 5.32 Å². The number of hydrogen-bond acceptors (Lipinski definition) is 3. The second-order valence-electron chi connectivity index (χ2n) is 4.60. The molecule has 0 aliphatic heterocycles. The quantitative estimate of drug-likeness (QED) is 0.713. The van der Waals surface area contributed by atoms with Crippen molar-refractivity contribution >= 4 is 5.91 Å². The SMILES string of the molecule is CCC(C)(CO)NCc1cc(C(N)=O)ccc1F. The van der Waals surface area contributed by atoms with E-state index in [9.17, 15) is 14.3 Å². The minimum atomic E-state index is -0.586. The number of aliphatic hydroxyl groups excluding tert-OH is 1. The average Bonchev–Trinajstić information content (AvgIpc) is 2.37. The van der Waals surface area contributed by atoms with Gasteiger partial charge in [0.15, 0.2) is 0 Å². The third-order valence-electron chi connectivity index (χ3n) is 3.17. The zero-order chi connectivity index (χ0) is 13.8. The van der Waals surface area contributed by atoms with Gasteiger partial charge in [0.05, 0.1) is 6.61 Å². The third-order valence-corrected chi connectivity index (χ3v) is 3.17. The number of carbonyl (C=O) groups excluding carboxylic acids is 1. The summed E-state index contributed by atoms with van der Waals surface area (Å²) in [5, 5.41) is 12.3. The summed E-state index contributed by atoms with van der Waals surface area (Å²) in [6, 6.07) is 4.00. The van der Waals surface area contributed by atoms with E-state index in [0.717, 1.165) is 0 Å². The largest absolute Gasteiger partial charge is 0.394 e. The number of hydrogen-bond donors (Lipinski definition) is 3. The summed E-state index contributed by atoms with van der Waals surface area (Å²) in [5.41, 5.74) is 5.32. The molecule has 0 aliphatic carbocycles. The van der Waals surface area contributed by atoms with Gasteiger partial charge in [-0.15, -0.1) is 0 Å². The van der Waals surface area contributed by atoms with E-state index in [-0.39, 0.29) is 18.7 Å². The molecule has 1 atom stereocenters. The van der Waals surface area contributed by atoms with Gasteiger partial charge >= 0.3 is 0 Å². The van der Waals surface area contributed by atoms with Crippen molar-refractivity contribution in [2.45, 2.75) is 32.4 Å². The molecule has 1 amide bonds. The predicted octanol–water partition coefficient (Wildman–Crippen LogP) is 1.18. The highest BCUT2D eigenvalue weighted by molar-refractivity contribution is 5.92. The first kappa shape index (κ1) is 14.6. The van der Waals surface area contributed by atoms with Crippen LogP contribution >= 0.6 is 0 Å². The van der Waals surface area contributed by atoms with E-state index in [0.29, 0.717) is 12.0 Å². The third kappa shape index (κ3) is 3.51. The summed E-state index contributed by atoms with van der Waals surface area (Å²) in [5.74, 6) is -0.986. The fourth-order valence-electron chi connectivity index (χ4n) is 1.46. The Kier molecular flexibility index (Phi) is 4.81. The monoisotopic (exact) mass is 254 g/mol. The number of amides is 1. The van der Waals surface area contributed by atoms with Crippen LogP contribution in [0.4, 0.5) is 4.39 Å². The molecule has 1 unspecified atom stereocenters. The lowest BCUT2D eigenvalue weighted by atomic mass is 9.99. The smallest absolute Gasteiger partial charge is 0.248 e. The fourth-order valence-corrected chi connectivity index (χ4v) is 1.46. The Balaban J connectivity index is 2.84. The van der Waals surface area contributed by atoms with E-state index < -0.39 is 17.3 Å². The number of halogens is 1. The van der Waals surface area contributed by atoms with Gasteiger partial charge in [0, 0.05) is 23.2 Å². The van der Waals surface area contributed by atoms with Gasteiger partial charge in [-0.05, 0) is 31.5 Å². The van der Waals surface area contributed by atoms with Gasteiger partial charge in [-0.2, -0.15) is 0 Å². The Labute approximate surface area is 106 Å². The summed E-state index contributed by atoms with van der Waals surface area (Å²) >= 11 is 0. The highest BCUT2D eigenvalue weighted by Gasteiger charge is 2.20. The van der Waals surface area contributed by atoms with Crippen LogP contribution < -0.4 is 11.1 Å². The molecular weight excluding hydrogens is 235 g/mol. The standard InChI is InChI=1S/C13H19FN2O2/c1-3-13(2,8-17)16-7-10-6-9(12(15)18)4-5-11(10)14/h4-6,16-17H,3,7-8H2,1-2H3,(H2,15,18). The van der Waals surface area contributed by atoms with Gasteiger partial charge in [-0.3, -0.25) is 4.79 Å². The lowest BCUT2D eigenvalue weighted by Gasteiger charge is -2.27. The van der Waals surface area contributed by atoms with Crippen molar-refractivity contribution in [3.8, 4) is 0 Å². The van der Waals surface area contributed by atoms with Crippen LogP contribution in [0.5, 0.6) is 0 Å². The number of primary amides is 1. The maximum atomic E-state index is 13.6. The molecule has 5 heteroatoms. The maximum Gasteiger partial charge on any atom is 0.248 e. The van der Waals surface area contributed by atoms with Gasteiger partial charge in [0.1, 0.15) is 5.82 Å². The van der Waals surface area contributed by atoms with Crippen LogP contribution in [0.25, 0.3) is 0 Å². The van der Waals surface area contributed by atoms with Crippen molar-refractivity contribution in [3.05, 3.63) is 35.1 Å². The van der Waals surface area contributed by atoms with Crippen LogP contribution in [0, 0.1) is 5.82 Å². The minimum absolute atomic E-state index is 0.0410. The summed E-state index contributed by atoms with van der Waals surface area (Å²) in [6.45, 7) is 3.97. The summed E-state index contributed by atoms with van der Waals surface area (Å²) in [6.07, 6.45) is 0.709. The fraction of sp³-hybridized carbons (Fsp3) is 0.462. The van der Waals surface area contributed by atoms with Crippen molar-refractivity contribution in [2.24, 2.45) is 5.73 Å². The van der Waals surface area contributed by atoms with Crippen molar-refractivity contribution < 1.29 is 14.3 Å². The van der Waals surface area contributed by atoms with E-state index in [1.165, 1.54) is 18.2 Å². The lowest BCUT2D eigenvalue weighted by molar-refractivity contribution is 0.1000.